The van der Waals surface area contributed by atoms with Gasteiger partial charge in [0.2, 0.25) is 0 Å². The fourth-order valence-electron chi connectivity index (χ4n) is 1.59. The van der Waals surface area contributed by atoms with Gasteiger partial charge >= 0.3 is 5.97 Å². The molecule has 5 heteroatoms. The Labute approximate surface area is 85.5 Å². The molecule has 0 radical (unpaired) electrons. The maximum atomic E-state index is 10.9. The van der Waals surface area contributed by atoms with Gasteiger partial charge in [0.15, 0.2) is 0 Å². The number of carboxylic acids is 1. The van der Waals surface area contributed by atoms with Crippen molar-refractivity contribution in [2.75, 3.05) is 6.61 Å². The Bertz CT molecular complexity index is 350. The van der Waals surface area contributed by atoms with E-state index in [1.165, 1.54) is 11.3 Å². The van der Waals surface area contributed by atoms with E-state index in [4.69, 9.17) is 9.84 Å². The van der Waals surface area contributed by atoms with Gasteiger partial charge in [-0.3, -0.25) is 4.79 Å². The Morgan fingerprint density at radius 1 is 1.79 bits per heavy atom. The van der Waals surface area contributed by atoms with E-state index in [-0.39, 0.29) is 6.10 Å². The minimum absolute atomic E-state index is 0.341. The van der Waals surface area contributed by atoms with Gasteiger partial charge in [-0.1, -0.05) is 0 Å². The van der Waals surface area contributed by atoms with Crippen molar-refractivity contribution in [3.63, 3.8) is 0 Å². The second-order valence-electron chi connectivity index (χ2n) is 3.35. The van der Waals surface area contributed by atoms with E-state index in [1.54, 1.807) is 0 Å². The van der Waals surface area contributed by atoms with E-state index >= 15 is 0 Å². The SMILES string of the molecule is Cc1csc(C2OCCC2C(=O)O)n1. The molecule has 1 fully saturated rings. The largest absolute Gasteiger partial charge is 0.481 e. The maximum absolute atomic E-state index is 10.9. The lowest BCUT2D eigenvalue weighted by Crippen LogP contribution is -2.17. The number of aromatic nitrogens is 1. The third kappa shape index (κ3) is 1.65. The van der Waals surface area contributed by atoms with Crippen LogP contribution in [0.25, 0.3) is 0 Å². The number of ether oxygens (including phenoxy) is 1. The highest BCUT2D eigenvalue weighted by molar-refractivity contribution is 7.09. The Hall–Kier alpha value is -0.940. The van der Waals surface area contributed by atoms with Crippen LogP contribution in [-0.2, 0) is 9.53 Å². The standard InChI is InChI=1S/C9H11NO3S/c1-5-4-14-8(10-5)7-6(9(11)12)2-3-13-7/h4,6-7H,2-3H2,1H3,(H,11,12). The third-order valence-electron chi connectivity index (χ3n) is 2.29. The molecule has 0 saturated carbocycles. The molecular weight excluding hydrogens is 202 g/mol. The summed E-state index contributed by atoms with van der Waals surface area (Å²) in [6.45, 7) is 2.41. The normalized spacial score (nSPS) is 26.6. The van der Waals surface area contributed by atoms with E-state index in [9.17, 15) is 4.79 Å². The number of carboxylic acid groups (broad SMARTS) is 1. The van der Waals surface area contributed by atoms with E-state index in [1.807, 2.05) is 12.3 Å². The van der Waals surface area contributed by atoms with Gasteiger partial charge in [-0.15, -0.1) is 11.3 Å². The van der Waals surface area contributed by atoms with Crippen molar-refractivity contribution < 1.29 is 14.6 Å². The summed E-state index contributed by atoms with van der Waals surface area (Å²) in [6.07, 6.45) is 0.240. The lowest BCUT2D eigenvalue weighted by Gasteiger charge is -2.11. The Morgan fingerprint density at radius 2 is 2.57 bits per heavy atom. The van der Waals surface area contributed by atoms with Gasteiger partial charge < -0.3 is 9.84 Å². The highest BCUT2D eigenvalue weighted by Crippen LogP contribution is 2.35. The van der Waals surface area contributed by atoms with Crippen LogP contribution in [0, 0.1) is 12.8 Å². The monoisotopic (exact) mass is 213 g/mol. The molecule has 1 saturated heterocycles. The molecule has 14 heavy (non-hydrogen) atoms. The van der Waals surface area contributed by atoms with Crippen LogP contribution in [0.3, 0.4) is 0 Å². The van der Waals surface area contributed by atoms with Gasteiger partial charge in [0, 0.05) is 17.7 Å². The number of nitrogens with zero attached hydrogens (tertiary/aromatic N) is 1. The highest BCUT2D eigenvalue weighted by atomic mass is 32.1. The van der Waals surface area contributed by atoms with Crippen LogP contribution in [0.2, 0.25) is 0 Å². The molecule has 0 aliphatic carbocycles. The zero-order chi connectivity index (χ0) is 10.1. The number of thiazole rings is 1. The first kappa shape index (κ1) is 9.61. The summed E-state index contributed by atoms with van der Waals surface area (Å²) >= 11 is 1.47. The number of rotatable bonds is 2. The molecular formula is C9H11NO3S. The summed E-state index contributed by atoms with van der Waals surface area (Å²) in [7, 11) is 0. The number of carbonyl (C=O) groups is 1. The van der Waals surface area contributed by atoms with Gasteiger partial charge in [-0.05, 0) is 13.3 Å². The summed E-state index contributed by atoms with van der Waals surface area (Å²) in [6, 6.07) is 0. The lowest BCUT2D eigenvalue weighted by molar-refractivity contribution is -0.143. The van der Waals surface area contributed by atoms with Crippen LogP contribution in [0.5, 0.6) is 0 Å². The molecule has 0 bridgehead atoms. The molecule has 1 N–H and O–H groups in total. The van der Waals surface area contributed by atoms with E-state index in [2.05, 4.69) is 4.98 Å². The molecule has 1 aliphatic heterocycles. The first-order valence-electron chi connectivity index (χ1n) is 4.45. The lowest BCUT2D eigenvalue weighted by atomic mass is 10.0. The Morgan fingerprint density at radius 3 is 3.14 bits per heavy atom. The predicted octanol–water partition coefficient (Wildman–Crippen LogP) is 1.61. The fourth-order valence-corrected chi connectivity index (χ4v) is 2.50. The molecule has 2 heterocycles. The number of aryl methyl sites for hydroxylation is 1. The molecule has 1 aliphatic rings. The van der Waals surface area contributed by atoms with E-state index < -0.39 is 11.9 Å². The molecule has 0 spiro atoms. The van der Waals surface area contributed by atoms with Gasteiger partial charge in [0.25, 0.3) is 0 Å². The molecule has 2 rings (SSSR count). The second-order valence-corrected chi connectivity index (χ2v) is 4.24. The van der Waals surface area contributed by atoms with Crippen LogP contribution >= 0.6 is 11.3 Å². The fraction of sp³-hybridized carbons (Fsp3) is 0.556. The maximum Gasteiger partial charge on any atom is 0.309 e. The smallest absolute Gasteiger partial charge is 0.309 e. The van der Waals surface area contributed by atoms with Crippen LogP contribution in [0.4, 0.5) is 0 Å². The molecule has 0 amide bonds. The van der Waals surface area contributed by atoms with Gasteiger partial charge in [-0.25, -0.2) is 4.98 Å². The summed E-state index contributed by atoms with van der Waals surface area (Å²) in [5.74, 6) is -1.22. The van der Waals surface area contributed by atoms with Crippen molar-refractivity contribution in [1.29, 1.82) is 0 Å². The summed E-state index contributed by atoms with van der Waals surface area (Å²) in [4.78, 5) is 15.1. The van der Waals surface area contributed by atoms with E-state index in [0.29, 0.717) is 13.0 Å². The van der Waals surface area contributed by atoms with Crippen molar-refractivity contribution in [1.82, 2.24) is 4.98 Å². The average Bonchev–Trinajstić information content (AvgIpc) is 2.70. The molecule has 76 valence electrons. The van der Waals surface area contributed by atoms with Crippen LogP contribution < -0.4 is 0 Å². The predicted molar refractivity (Wildman–Crippen MR) is 51.3 cm³/mol. The van der Waals surface area contributed by atoms with Crippen molar-refractivity contribution in [2.45, 2.75) is 19.4 Å². The third-order valence-corrected chi connectivity index (χ3v) is 3.31. The van der Waals surface area contributed by atoms with Crippen molar-refractivity contribution in [3.8, 4) is 0 Å². The number of hydrogen-bond donors (Lipinski definition) is 1. The quantitative estimate of drug-likeness (QED) is 0.810. The zero-order valence-electron chi connectivity index (χ0n) is 7.77. The molecule has 1 aromatic rings. The molecule has 1 aromatic heterocycles. The summed E-state index contributed by atoms with van der Waals surface area (Å²) < 4.78 is 5.39. The molecule has 4 nitrogen and oxygen atoms in total. The topological polar surface area (TPSA) is 59.4 Å². The van der Waals surface area contributed by atoms with Crippen LogP contribution in [0.1, 0.15) is 23.2 Å². The minimum atomic E-state index is -0.791. The van der Waals surface area contributed by atoms with E-state index in [0.717, 1.165) is 10.7 Å². The van der Waals surface area contributed by atoms with Crippen molar-refractivity contribution in [2.24, 2.45) is 5.92 Å². The minimum Gasteiger partial charge on any atom is -0.481 e. The molecule has 2 atom stereocenters. The second kappa shape index (κ2) is 3.67. The van der Waals surface area contributed by atoms with Crippen LogP contribution in [-0.4, -0.2) is 22.7 Å². The van der Waals surface area contributed by atoms with Gasteiger partial charge in [-0.2, -0.15) is 0 Å². The van der Waals surface area contributed by atoms with Crippen molar-refractivity contribution >= 4 is 17.3 Å². The van der Waals surface area contributed by atoms with Gasteiger partial charge in [0.1, 0.15) is 11.1 Å². The first-order chi connectivity index (χ1) is 6.68. The number of aliphatic carboxylic acids is 1. The number of hydrogen-bond acceptors (Lipinski definition) is 4. The Balaban J connectivity index is 2.21. The van der Waals surface area contributed by atoms with Crippen molar-refractivity contribution in [3.05, 3.63) is 16.1 Å². The highest BCUT2D eigenvalue weighted by Gasteiger charge is 2.36. The zero-order valence-corrected chi connectivity index (χ0v) is 8.58. The van der Waals surface area contributed by atoms with Gasteiger partial charge in [0.05, 0.1) is 5.92 Å². The summed E-state index contributed by atoms with van der Waals surface area (Å²) in [5.41, 5.74) is 0.921. The molecule has 0 aromatic carbocycles. The Kier molecular flexibility index (Phi) is 2.52. The summed E-state index contributed by atoms with van der Waals surface area (Å²) in [5, 5.41) is 11.6. The van der Waals surface area contributed by atoms with Crippen LogP contribution in [0.15, 0.2) is 5.38 Å². The first-order valence-corrected chi connectivity index (χ1v) is 5.33. The molecule has 2 unspecified atom stereocenters. The average molecular weight is 213 g/mol.